The number of carbonyl (C=O) groups excluding carboxylic acids is 2. The highest BCUT2D eigenvalue weighted by Crippen LogP contribution is 2.30. The van der Waals surface area contributed by atoms with Crippen molar-refractivity contribution in [2.75, 3.05) is 13.2 Å². The molecule has 3 aromatic rings. The molecule has 0 spiro atoms. The van der Waals surface area contributed by atoms with Gasteiger partial charge in [-0.15, -0.1) is 0 Å². The molecule has 0 saturated heterocycles. The number of halogens is 3. The maximum absolute atomic E-state index is 12.5. The Kier molecular flexibility index (Phi) is 9.33. The third-order valence-electron chi connectivity index (χ3n) is 4.21. The number of hydrazone groups is 1. The summed E-state index contributed by atoms with van der Waals surface area (Å²) in [5, 5.41) is 4.51. The van der Waals surface area contributed by atoms with Gasteiger partial charge in [-0.2, -0.15) is 5.10 Å². The molecule has 1 amide bonds. The molecule has 0 heterocycles. The minimum Gasteiger partial charge on any atom is -0.490 e. The number of esters is 1. The van der Waals surface area contributed by atoms with Crippen LogP contribution in [0.25, 0.3) is 0 Å². The number of hydrogen-bond acceptors (Lipinski definition) is 6. The number of rotatable bonds is 9. The standard InChI is InChI=1S/C24H19BrCl2N2O5/c1-2-32-22-11-15(13-28-29-23(30)14-33-18-7-4-16(25)5-8-18)3-10-21(22)34-24(31)19-9-6-17(26)12-20(19)27/h3-13H,2,14H2,1H3,(H,29,30)/b28-13+. The molecule has 10 heteroatoms. The Balaban J connectivity index is 1.61. The van der Waals surface area contributed by atoms with E-state index in [1.54, 1.807) is 43.3 Å². The summed E-state index contributed by atoms with van der Waals surface area (Å²) in [5.74, 6) is 0.0297. The molecule has 176 valence electrons. The van der Waals surface area contributed by atoms with Crippen LogP contribution in [0.3, 0.4) is 0 Å². The lowest BCUT2D eigenvalue weighted by Gasteiger charge is -2.12. The normalized spacial score (nSPS) is 10.7. The quantitative estimate of drug-likeness (QED) is 0.151. The van der Waals surface area contributed by atoms with Gasteiger partial charge in [-0.3, -0.25) is 4.79 Å². The molecule has 3 aromatic carbocycles. The molecule has 0 radical (unpaired) electrons. The van der Waals surface area contributed by atoms with E-state index in [4.69, 9.17) is 37.4 Å². The van der Waals surface area contributed by atoms with E-state index in [1.165, 1.54) is 18.3 Å². The van der Waals surface area contributed by atoms with Gasteiger partial charge < -0.3 is 14.2 Å². The van der Waals surface area contributed by atoms with Gasteiger partial charge in [-0.1, -0.05) is 39.1 Å². The predicted molar refractivity (Wildman–Crippen MR) is 134 cm³/mol. The van der Waals surface area contributed by atoms with Gasteiger partial charge in [0.2, 0.25) is 0 Å². The Morgan fingerprint density at radius 2 is 1.76 bits per heavy atom. The van der Waals surface area contributed by atoms with Crippen LogP contribution in [0.1, 0.15) is 22.8 Å². The lowest BCUT2D eigenvalue weighted by atomic mass is 10.2. The smallest absolute Gasteiger partial charge is 0.345 e. The number of hydrogen-bond donors (Lipinski definition) is 1. The molecule has 0 aromatic heterocycles. The van der Waals surface area contributed by atoms with Crippen molar-refractivity contribution < 1.29 is 23.8 Å². The van der Waals surface area contributed by atoms with E-state index in [2.05, 4.69) is 26.5 Å². The summed E-state index contributed by atoms with van der Waals surface area (Å²) in [5.41, 5.74) is 3.17. The molecule has 0 aliphatic carbocycles. The highest BCUT2D eigenvalue weighted by molar-refractivity contribution is 9.10. The van der Waals surface area contributed by atoms with E-state index >= 15 is 0 Å². The maximum Gasteiger partial charge on any atom is 0.345 e. The van der Waals surface area contributed by atoms with Crippen LogP contribution in [0.5, 0.6) is 17.2 Å². The zero-order valence-electron chi connectivity index (χ0n) is 17.9. The first-order valence-corrected chi connectivity index (χ1v) is 11.5. The van der Waals surface area contributed by atoms with Crippen molar-refractivity contribution >= 4 is 57.2 Å². The van der Waals surface area contributed by atoms with Gasteiger partial charge in [0.05, 0.1) is 23.4 Å². The fourth-order valence-electron chi connectivity index (χ4n) is 2.66. The van der Waals surface area contributed by atoms with Crippen LogP contribution in [0.15, 0.2) is 70.2 Å². The Labute approximate surface area is 214 Å². The third-order valence-corrected chi connectivity index (χ3v) is 5.28. The Morgan fingerprint density at radius 3 is 2.47 bits per heavy atom. The number of amides is 1. The van der Waals surface area contributed by atoms with E-state index in [0.717, 1.165) is 4.47 Å². The molecule has 0 saturated carbocycles. The molecule has 7 nitrogen and oxygen atoms in total. The topological polar surface area (TPSA) is 86.2 Å². The second kappa shape index (κ2) is 12.4. The molecule has 0 atom stereocenters. The summed E-state index contributed by atoms with van der Waals surface area (Å²) in [7, 11) is 0. The highest BCUT2D eigenvalue weighted by Gasteiger charge is 2.16. The first kappa shape index (κ1) is 25.6. The van der Waals surface area contributed by atoms with E-state index in [0.29, 0.717) is 28.7 Å². The van der Waals surface area contributed by atoms with E-state index < -0.39 is 11.9 Å². The molecule has 0 fully saturated rings. The summed E-state index contributed by atoms with van der Waals surface area (Å²) < 4.78 is 17.3. The second-order valence-corrected chi connectivity index (χ2v) is 8.45. The van der Waals surface area contributed by atoms with Crippen LogP contribution < -0.4 is 19.6 Å². The van der Waals surface area contributed by atoms with E-state index in [-0.39, 0.29) is 22.9 Å². The zero-order valence-corrected chi connectivity index (χ0v) is 21.0. The van der Waals surface area contributed by atoms with Crippen LogP contribution in [-0.2, 0) is 4.79 Å². The fraction of sp³-hybridized carbons (Fsp3) is 0.125. The van der Waals surface area contributed by atoms with Crippen LogP contribution >= 0.6 is 39.1 Å². The summed E-state index contributed by atoms with van der Waals surface area (Å²) in [6.07, 6.45) is 1.43. The average molecular weight is 566 g/mol. The number of carbonyl (C=O) groups is 2. The van der Waals surface area contributed by atoms with Crippen molar-refractivity contribution in [1.29, 1.82) is 0 Å². The highest BCUT2D eigenvalue weighted by atomic mass is 79.9. The SMILES string of the molecule is CCOc1cc(/C=N/NC(=O)COc2ccc(Br)cc2)ccc1OC(=O)c1ccc(Cl)cc1Cl. The van der Waals surface area contributed by atoms with Gasteiger partial charge in [0.1, 0.15) is 5.75 Å². The number of ether oxygens (including phenoxy) is 3. The fourth-order valence-corrected chi connectivity index (χ4v) is 3.41. The third kappa shape index (κ3) is 7.48. The van der Waals surface area contributed by atoms with Crippen molar-refractivity contribution in [3.05, 3.63) is 86.3 Å². The largest absolute Gasteiger partial charge is 0.490 e. The summed E-state index contributed by atoms with van der Waals surface area (Å²) in [6.45, 7) is 1.95. The van der Waals surface area contributed by atoms with Crippen LogP contribution in [0.2, 0.25) is 10.0 Å². The van der Waals surface area contributed by atoms with Gasteiger partial charge >= 0.3 is 5.97 Å². The van der Waals surface area contributed by atoms with Crippen molar-refractivity contribution in [3.63, 3.8) is 0 Å². The predicted octanol–water partition coefficient (Wildman–Crippen LogP) is 5.90. The van der Waals surface area contributed by atoms with Gasteiger partial charge in [0.25, 0.3) is 5.91 Å². The minimum absolute atomic E-state index is 0.173. The molecular formula is C24H19BrCl2N2O5. The molecule has 0 unspecified atom stereocenters. The van der Waals surface area contributed by atoms with E-state index in [9.17, 15) is 9.59 Å². The average Bonchev–Trinajstić information content (AvgIpc) is 2.80. The monoisotopic (exact) mass is 564 g/mol. The molecule has 3 rings (SSSR count). The first-order chi connectivity index (χ1) is 16.4. The zero-order chi connectivity index (χ0) is 24.5. The molecule has 1 N–H and O–H groups in total. The van der Waals surface area contributed by atoms with Crippen LogP contribution in [-0.4, -0.2) is 31.3 Å². The molecular weight excluding hydrogens is 547 g/mol. The van der Waals surface area contributed by atoms with Crippen molar-refractivity contribution in [2.24, 2.45) is 5.10 Å². The number of nitrogens with one attached hydrogen (secondary N) is 1. The van der Waals surface area contributed by atoms with Gasteiger partial charge in [0, 0.05) is 9.50 Å². The molecule has 0 aliphatic rings. The Bertz CT molecular complexity index is 1200. The van der Waals surface area contributed by atoms with Gasteiger partial charge in [0.15, 0.2) is 18.1 Å². The second-order valence-electron chi connectivity index (χ2n) is 6.69. The summed E-state index contributed by atoms with van der Waals surface area (Å²) in [6, 6.07) is 16.4. The van der Waals surface area contributed by atoms with E-state index in [1.807, 2.05) is 12.1 Å². The maximum atomic E-state index is 12.5. The molecule has 34 heavy (non-hydrogen) atoms. The Hall–Kier alpha value is -3.07. The minimum atomic E-state index is -0.651. The van der Waals surface area contributed by atoms with Gasteiger partial charge in [-0.25, -0.2) is 10.2 Å². The number of benzene rings is 3. The molecule has 0 bridgehead atoms. The van der Waals surface area contributed by atoms with Crippen LogP contribution in [0, 0.1) is 0 Å². The summed E-state index contributed by atoms with van der Waals surface area (Å²) in [4.78, 5) is 24.5. The van der Waals surface area contributed by atoms with Crippen molar-refractivity contribution in [2.45, 2.75) is 6.92 Å². The number of nitrogens with zero attached hydrogens (tertiary/aromatic N) is 1. The molecule has 0 aliphatic heterocycles. The Morgan fingerprint density at radius 1 is 1.00 bits per heavy atom. The first-order valence-electron chi connectivity index (χ1n) is 10.00. The lowest BCUT2D eigenvalue weighted by Crippen LogP contribution is -2.24. The van der Waals surface area contributed by atoms with Crippen LogP contribution in [0.4, 0.5) is 0 Å². The van der Waals surface area contributed by atoms with Gasteiger partial charge in [-0.05, 0) is 73.2 Å². The van der Waals surface area contributed by atoms with Crippen molar-refractivity contribution in [3.8, 4) is 17.2 Å². The summed E-state index contributed by atoms with van der Waals surface area (Å²) >= 11 is 15.3. The van der Waals surface area contributed by atoms with Crippen molar-refractivity contribution in [1.82, 2.24) is 5.43 Å². The lowest BCUT2D eigenvalue weighted by molar-refractivity contribution is -0.123.